The lowest BCUT2D eigenvalue weighted by Crippen LogP contribution is -2.37. The van der Waals surface area contributed by atoms with Crippen molar-refractivity contribution >= 4 is 32.9 Å². The zero-order valence-electron chi connectivity index (χ0n) is 16.7. The molecule has 1 heterocycles. The Hall–Kier alpha value is -3.89. The minimum absolute atomic E-state index is 0.257. The SMILES string of the molecule is CN1c2ccccc2C(c2ccccc2)=C(C(=O)Nc2ccc(CC#N)cc2)S1(=O)=O. The smallest absolute Gasteiger partial charge is 0.270 e. The van der Waals surface area contributed by atoms with Crippen LogP contribution in [-0.4, -0.2) is 21.4 Å². The molecule has 0 spiro atoms. The molecule has 0 fully saturated rings. The number of fused-ring (bicyclic) bond motifs is 1. The molecule has 154 valence electrons. The lowest BCUT2D eigenvalue weighted by atomic mass is 9.95. The number of anilines is 2. The van der Waals surface area contributed by atoms with Gasteiger partial charge in [-0.25, -0.2) is 8.42 Å². The highest BCUT2D eigenvalue weighted by Crippen LogP contribution is 2.42. The number of carbonyl (C=O) groups excluding carboxylic acids is 1. The molecule has 0 aromatic heterocycles. The molecule has 1 aliphatic heterocycles. The fourth-order valence-electron chi connectivity index (χ4n) is 3.58. The maximum Gasteiger partial charge on any atom is 0.270 e. The van der Waals surface area contributed by atoms with Crippen LogP contribution in [0.15, 0.2) is 83.8 Å². The van der Waals surface area contributed by atoms with E-state index >= 15 is 0 Å². The minimum atomic E-state index is -4.09. The summed E-state index contributed by atoms with van der Waals surface area (Å²) in [6, 6.07) is 25.0. The molecule has 3 aromatic rings. The fraction of sp³-hybridized carbons (Fsp3) is 0.0833. The van der Waals surface area contributed by atoms with E-state index in [1.807, 2.05) is 18.2 Å². The van der Waals surface area contributed by atoms with Crippen molar-refractivity contribution in [2.45, 2.75) is 6.42 Å². The molecule has 0 saturated carbocycles. The Kier molecular flexibility index (Phi) is 5.32. The standard InChI is InChI=1S/C24H19N3O3S/c1-27-21-10-6-5-9-20(21)22(18-7-3-2-4-8-18)23(31(27,29)30)24(28)26-19-13-11-17(12-14-19)15-16-25/h2-14H,15H2,1H3,(H,26,28). The van der Waals surface area contributed by atoms with Gasteiger partial charge in [-0.05, 0) is 29.3 Å². The van der Waals surface area contributed by atoms with Crippen LogP contribution in [0.2, 0.25) is 0 Å². The van der Waals surface area contributed by atoms with Gasteiger partial charge in [-0.2, -0.15) is 5.26 Å². The van der Waals surface area contributed by atoms with Crippen molar-refractivity contribution in [3.05, 3.63) is 100 Å². The Morgan fingerprint density at radius 2 is 1.61 bits per heavy atom. The minimum Gasteiger partial charge on any atom is -0.321 e. The van der Waals surface area contributed by atoms with Crippen LogP contribution in [0, 0.1) is 11.3 Å². The summed E-state index contributed by atoms with van der Waals surface area (Å²) >= 11 is 0. The predicted octanol–water partition coefficient (Wildman–Crippen LogP) is 3.93. The van der Waals surface area contributed by atoms with Gasteiger partial charge >= 0.3 is 0 Å². The highest BCUT2D eigenvalue weighted by Gasteiger charge is 2.39. The zero-order chi connectivity index (χ0) is 22.0. The summed E-state index contributed by atoms with van der Waals surface area (Å²) in [6.45, 7) is 0. The number of rotatable bonds is 4. The van der Waals surface area contributed by atoms with Gasteiger partial charge in [0.2, 0.25) is 0 Å². The van der Waals surface area contributed by atoms with Crippen molar-refractivity contribution in [3.8, 4) is 6.07 Å². The molecule has 0 saturated heterocycles. The summed E-state index contributed by atoms with van der Waals surface area (Å²) in [5.41, 5.74) is 3.44. The quantitative estimate of drug-likeness (QED) is 0.680. The second-order valence-electron chi connectivity index (χ2n) is 7.05. The molecule has 6 nitrogen and oxygen atoms in total. The van der Waals surface area contributed by atoms with Crippen LogP contribution in [0.1, 0.15) is 16.7 Å². The molecule has 31 heavy (non-hydrogen) atoms. The Balaban J connectivity index is 1.87. The van der Waals surface area contributed by atoms with Gasteiger partial charge in [-0.3, -0.25) is 9.10 Å². The maximum atomic E-state index is 13.4. The summed E-state index contributed by atoms with van der Waals surface area (Å²) in [5, 5.41) is 11.5. The van der Waals surface area contributed by atoms with Gasteiger partial charge in [0.1, 0.15) is 0 Å². The van der Waals surface area contributed by atoms with Gasteiger partial charge in [0, 0.05) is 23.9 Å². The highest BCUT2D eigenvalue weighted by atomic mass is 32.2. The maximum absolute atomic E-state index is 13.4. The van der Waals surface area contributed by atoms with E-state index in [9.17, 15) is 13.2 Å². The second kappa shape index (κ2) is 8.09. The van der Waals surface area contributed by atoms with Crippen LogP contribution in [-0.2, 0) is 21.2 Å². The number of nitrogens with zero attached hydrogens (tertiary/aromatic N) is 2. The number of benzene rings is 3. The van der Waals surface area contributed by atoms with Crippen molar-refractivity contribution in [1.29, 1.82) is 5.26 Å². The largest absolute Gasteiger partial charge is 0.321 e. The molecule has 7 heteroatoms. The first-order chi connectivity index (χ1) is 14.9. The monoisotopic (exact) mass is 429 g/mol. The number of para-hydroxylation sites is 1. The molecule has 1 N–H and O–H groups in total. The van der Waals surface area contributed by atoms with Gasteiger partial charge in [0.15, 0.2) is 4.91 Å². The van der Waals surface area contributed by atoms with Gasteiger partial charge in [-0.1, -0.05) is 60.7 Å². The Bertz CT molecular complexity index is 1320. The van der Waals surface area contributed by atoms with Gasteiger partial charge in [0.25, 0.3) is 15.9 Å². The van der Waals surface area contributed by atoms with Crippen LogP contribution >= 0.6 is 0 Å². The number of nitriles is 1. The summed E-state index contributed by atoms with van der Waals surface area (Å²) in [5.74, 6) is -0.715. The van der Waals surface area contributed by atoms with E-state index < -0.39 is 15.9 Å². The third-order valence-corrected chi connectivity index (χ3v) is 6.95. The van der Waals surface area contributed by atoms with Gasteiger partial charge in [0.05, 0.1) is 18.2 Å². The lowest BCUT2D eigenvalue weighted by molar-refractivity contribution is -0.112. The lowest BCUT2D eigenvalue weighted by Gasteiger charge is -2.30. The first-order valence-electron chi connectivity index (χ1n) is 9.59. The zero-order valence-corrected chi connectivity index (χ0v) is 17.6. The fourth-order valence-corrected chi connectivity index (χ4v) is 5.05. The third kappa shape index (κ3) is 3.69. The van der Waals surface area contributed by atoms with Gasteiger partial charge < -0.3 is 5.32 Å². The van der Waals surface area contributed by atoms with E-state index in [0.717, 1.165) is 9.87 Å². The number of carbonyl (C=O) groups is 1. The predicted molar refractivity (Wildman–Crippen MR) is 121 cm³/mol. The molecule has 0 bridgehead atoms. The van der Waals surface area contributed by atoms with Gasteiger partial charge in [-0.15, -0.1) is 0 Å². The average molecular weight is 430 g/mol. The summed E-state index contributed by atoms with van der Waals surface area (Å²) < 4.78 is 27.9. The normalized spacial score (nSPS) is 14.5. The molecule has 4 rings (SSSR count). The number of amides is 1. The number of nitrogens with one attached hydrogen (secondary N) is 1. The second-order valence-corrected chi connectivity index (χ2v) is 8.95. The summed E-state index contributed by atoms with van der Waals surface area (Å²) in [7, 11) is -2.65. The number of hydrogen-bond acceptors (Lipinski definition) is 4. The highest BCUT2D eigenvalue weighted by molar-refractivity contribution is 7.97. The summed E-state index contributed by atoms with van der Waals surface area (Å²) in [6.07, 6.45) is 0.257. The molecule has 0 radical (unpaired) electrons. The molecular formula is C24H19N3O3S. The molecule has 0 atom stereocenters. The topological polar surface area (TPSA) is 90.3 Å². The van der Waals surface area contributed by atoms with Crippen molar-refractivity contribution in [1.82, 2.24) is 0 Å². The number of sulfonamides is 1. The van der Waals surface area contributed by atoms with E-state index in [4.69, 9.17) is 5.26 Å². The Morgan fingerprint density at radius 1 is 0.968 bits per heavy atom. The summed E-state index contributed by atoms with van der Waals surface area (Å²) in [4.78, 5) is 13.0. The van der Waals surface area contributed by atoms with E-state index in [1.165, 1.54) is 7.05 Å². The van der Waals surface area contributed by atoms with Crippen molar-refractivity contribution in [2.24, 2.45) is 0 Å². The van der Waals surface area contributed by atoms with Crippen molar-refractivity contribution in [2.75, 3.05) is 16.7 Å². The van der Waals surface area contributed by atoms with Crippen molar-refractivity contribution in [3.63, 3.8) is 0 Å². The van der Waals surface area contributed by atoms with Crippen molar-refractivity contribution < 1.29 is 13.2 Å². The van der Waals surface area contributed by atoms with Crippen LogP contribution in [0.25, 0.3) is 5.57 Å². The Labute approximate surface area is 181 Å². The van der Waals surface area contributed by atoms with Crippen LogP contribution < -0.4 is 9.62 Å². The molecular weight excluding hydrogens is 410 g/mol. The first-order valence-corrected chi connectivity index (χ1v) is 11.0. The molecule has 3 aromatic carbocycles. The third-order valence-electron chi connectivity index (χ3n) is 5.12. The average Bonchev–Trinajstić information content (AvgIpc) is 2.78. The number of hydrogen-bond donors (Lipinski definition) is 1. The molecule has 0 aliphatic carbocycles. The Morgan fingerprint density at radius 3 is 2.29 bits per heavy atom. The van der Waals surface area contributed by atoms with Crippen LogP contribution in [0.3, 0.4) is 0 Å². The first kappa shape index (κ1) is 20.4. The van der Waals surface area contributed by atoms with Crippen LogP contribution in [0.4, 0.5) is 11.4 Å². The van der Waals surface area contributed by atoms with E-state index in [1.54, 1.807) is 60.7 Å². The van der Waals surface area contributed by atoms with E-state index in [0.29, 0.717) is 28.1 Å². The van der Waals surface area contributed by atoms with E-state index in [-0.39, 0.29) is 11.3 Å². The van der Waals surface area contributed by atoms with Crippen LogP contribution in [0.5, 0.6) is 0 Å². The molecule has 1 amide bonds. The van der Waals surface area contributed by atoms with E-state index in [2.05, 4.69) is 11.4 Å². The molecule has 1 aliphatic rings. The molecule has 0 unspecified atom stereocenters.